The Morgan fingerprint density at radius 2 is 1.77 bits per heavy atom. The SMILES string of the molecule is COc1cc(N2CCC(N3CCN(C)CC3)CC2)c(C)cc1Nc1ncc(Br)c(Nc2cc(F)ccc2C(=O)N(C)C)n1. The smallest absolute Gasteiger partial charge is 0.255 e. The van der Waals surface area contributed by atoms with Gasteiger partial charge in [-0.05, 0) is 72.6 Å². The van der Waals surface area contributed by atoms with Gasteiger partial charge >= 0.3 is 0 Å². The number of carbonyl (C=O) groups excluding carboxylic acids is 1. The van der Waals surface area contributed by atoms with Gasteiger partial charge in [-0.15, -0.1) is 0 Å². The second-order valence-corrected chi connectivity index (χ2v) is 12.3. The predicted octanol–water partition coefficient (Wildman–Crippen LogP) is 5.10. The van der Waals surface area contributed by atoms with Gasteiger partial charge in [-0.3, -0.25) is 9.69 Å². The molecule has 43 heavy (non-hydrogen) atoms. The standard InChI is InChI=1S/C31H40BrFN8O2/c1-20-16-26(28(43-5)18-27(20)41-10-8-22(9-11-41)40-14-12-39(4)13-15-40)36-31-34-19-24(32)29(37-31)35-25-17-21(33)6-7-23(25)30(42)38(2)3/h6-7,16-19,22H,8-15H2,1-5H3,(H2,34,35,36,37). The summed E-state index contributed by atoms with van der Waals surface area (Å²) >= 11 is 3.47. The van der Waals surface area contributed by atoms with Crippen LogP contribution < -0.4 is 20.3 Å². The molecule has 2 aliphatic rings. The number of rotatable bonds is 8. The van der Waals surface area contributed by atoms with Crippen molar-refractivity contribution in [2.45, 2.75) is 25.8 Å². The van der Waals surface area contributed by atoms with Gasteiger partial charge in [-0.25, -0.2) is 9.37 Å². The van der Waals surface area contributed by atoms with E-state index < -0.39 is 5.82 Å². The Kier molecular flexibility index (Phi) is 9.68. The summed E-state index contributed by atoms with van der Waals surface area (Å²) < 4.78 is 20.5. The lowest BCUT2D eigenvalue weighted by molar-refractivity contribution is 0.0828. The van der Waals surface area contributed by atoms with Gasteiger partial charge in [-0.2, -0.15) is 4.98 Å². The van der Waals surface area contributed by atoms with Crippen LogP contribution in [0.2, 0.25) is 0 Å². The highest BCUT2D eigenvalue weighted by Crippen LogP contribution is 2.37. The molecule has 3 heterocycles. The molecule has 0 atom stereocenters. The van der Waals surface area contributed by atoms with E-state index in [2.05, 4.69) is 77.3 Å². The van der Waals surface area contributed by atoms with E-state index in [4.69, 9.17) is 4.74 Å². The first kappa shape index (κ1) is 31.0. The molecule has 1 aromatic heterocycles. The van der Waals surface area contributed by atoms with Gasteiger partial charge in [0.05, 0.1) is 28.5 Å². The fourth-order valence-electron chi connectivity index (χ4n) is 5.75. The molecule has 3 aromatic rings. The summed E-state index contributed by atoms with van der Waals surface area (Å²) in [7, 11) is 7.15. The fourth-order valence-corrected chi connectivity index (χ4v) is 6.04. The molecule has 0 saturated carbocycles. The molecule has 0 bridgehead atoms. The van der Waals surface area contributed by atoms with Gasteiger partial charge in [-0.1, -0.05) is 0 Å². The number of hydrogen-bond donors (Lipinski definition) is 2. The first-order valence-electron chi connectivity index (χ1n) is 14.6. The Balaban J connectivity index is 1.32. The molecule has 12 heteroatoms. The maximum Gasteiger partial charge on any atom is 0.255 e. The van der Waals surface area contributed by atoms with Gasteiger partial charge in [0, 0.05) is 77.4 Å². The molecule has 5 rings (SSSR count). The average molecular weight is 656 g/mol. The molecular formula is C31H40BrFN8O2. The zero-order valence-corrected chi connectivity index (χ0v) is 27.0. The normalized spacial score (nSPS) is 16.7. The average Bonchev–Trinajstić information content (AvgIpc) is 2.99. The Morgan fingerprint density at radius 1 is 1.05 bits per heavy atom. The lowest BCUT2D eigenvalue weighted by atomic mass is 10.0. The third-order valence-corrected chi connectivity index (χ3v) is 8.82. The van der Waals surface area contributed by atoms with Crippen molar-refractivity contribution in [1.29, 1.82) is 0 Å². The molecule has 0 unspecified atom stereocenters. The first-order chi connectivity index (χ1) is 20.6. The molecule has 2 N–H and O–H groups in total. The van der Waals surface area contributed by atoms with Crippen LogP contribution >= 0.6 is 15.9 Å². The number of piperidine rings is 1. The Bertz CT molecular complexity index is 1460. The summed E-state index contributed by atoms with van der Waals surface area (Å²) in [5, 5.41) is 6.38. The van der Waals surface area contributed by atoms with Crippen molar-refractivity contribution in [3.63, 3.8) is 0 Å². The van der Waals surface area contributed by atoms with Crippen LogP contribution in [-0.2, 0) is 0 Å². The van der Waals surface area contributed by atoms with Crippen LogP contribution in [-0.4, -0.2) is 104 Å². The van der Waals surface area contributed by atoms with E-state index in [0.717, 1.165) is 63.4 Å². The van der Waals surface area contributed by atoms with Crippen molar-refractivity contribution in [3.8, 4) is 5.75 Å². The highest BCUT2D eigenvalue weighted by Gasteiger charge is 2.28. The molecule has 0 radical (unpaired) electrons. The molecule has 0 aliphatic carbocycles. The fraction of sp³-hybridized carbons (Fsp3) is 0.452. The number of carbonyl (C=O) groups is 1. The van der Waals surface area contributed by atoms with E-state index in [1.165, 1.54) is 28.8 Å². The molecule has 2 aliphatic heterocycles. The number of ether oxygens (including phenoxy) is 1. The maximum absolute atomic E-state index is 14.1. The quantitative estimate of drug-likeness (QED) is 0.344. The van der Waals surface area contributed by atoms with Crippen LogP contribution in [0.25, 0.3) is 0 Å². The van der Waals surface area contributed by atoms with Gasteiger partial charge in [0.1, 0.15) is 17.4 Å². The van der Waals surface area contributed by atoms with Crippen LogP contribution in [0.5, 0.6) is 5.75 Å². The Morgan fingerprint density at radius 3 is 2.44 bits per heavy atom. The van der Waals surface area contributed by atoms with E-state index in [1.54, 1.807) is 27.4 Å². The molecule has 2 saturated heterocycles. The Labute approximate surface area is 261 Å². The van der Waals surface area contributed by atoms with Crippen LogP contribution in [0.4, 0.5) is 33.2 Å². The van der Waals surface area contributed by atoms with Crippen molar-refractivity contribution < 1.29 is 13.9 Å². The van der Waals surface area contributed by atoms with Crippen molar-refractivity contribution in [2.75, 3.05) is 83.1 Å². The summed E-state index contributed by atoms with van der Waals surface area (Å²) in [6.07, 6.45) is 3.91. The third kappa shape index (κ3) is 7.19. The van der Waals surface area contributed by atoms with E-state index in [1.807, 2.05) is 0 Å². The second kappa shape index (κ2) is 13.4. The molecule has 230 valence electrons. The molecule has 1 amide bonds. The van der Waals surface area contributed by atoms with Crippen molar-refractivity contribution >= 4 is 50.7 Å². The summed E-state index contributed by atoms with van der Waals surface area (Å²) in [4.78, 5) is 30.7. The monoisotopic (exact) mass is 654 g/mol. The van der Waals surface area contributed by atoms with Gasteiger partial charge in [0.15, 0.2) is 0 Å². The number of nitrogens with one attached hydrogen (secondary N) is 2. The number of nitrogens with zero attached hydrogens (tertiary/aromatic N) is 6. The predicted molar refractivity (Wildman–Crippen MR) is 173 cm³/mol. The number of aryl methyl sites for hydroxylation is 1. The molecule has 2 aromatic carbocycles. The highest BCUT2D eigenvalue weighted by atomic mass is 79.9. The van der Waals surface area contributed by atoms with Gasteiger partial charge < -0.3 is 30.1 Å². The minimum Gasteiger partial charge on any atom is -0.494 e. The number of aromatic nitrogens is 2. The second-order valence-electron chi connectivity index (χ2n) is 11.4. The topological polar surface area (TPSA) is 89.1 Å². The third-order valence-electron chi connectivity index (χ3n) is 8.24. The van der Waals surface area contributed by atoms with E-state index in [0.29, 0.717) is 39.3 Å². The molecular weight excluding hydrogens is 615 g/mol. The van der Waals surface area contributed by atoms with Crippen LogP contribution in [0.1, 0.15) is 28.8 Å². The Hall–Kier alpha value is -3.48. The van der Waals surface area contributed by atoms with E-state index in [-0.39, 0.29) is 5.91 Å². The number of amides is 1. The molecule has 2 fully saturated rings. The minimum atomic E-state index is -0.467. The van der Waals surface area contributed by atoms with Crippen LogP contribution in [0, 0.1) is 12.7 Å². The molecule has 0 spiro atoms. The lowest BCUT2D eigenvalue weighted by Gasteiger charge is -2.43. The van der Waals surface area contributed by atoms with Crippen molar-refractivity contribution in [1.82, 2.24) is 24.7 Å². The van der Waals surface area contributed by atoms with Gasteiger partial charge in [0.2, 0.25) is 5.95 Å². The number of hydrogen-bond acceptors (Lipinski definition) is 9. The number of piperazine rings is 1. The maximum atomic E-state index is 14.1. The van der Waals surface area contributed by atoms with E-state index in [9.17, 15) is 9.18 Å². The zero-order chi connectivity index (χ0) is 30.7. The van der Waals surface area contributed by atoms with E-state index >= 15 is 0 Å². The number of halogens is 2. The van der Waals surface area contributed by atoms with Crippen molar-refractivity contribution in [3.05, 3.63) is 57.9 Å². The minimum absolute atomic E-state index is 0.255. The van der Waals surface area contributed by atoms with Crippen molar-refractivity contribution in [2.24, 2.45) is 0 Å². The summed E-state index contributed by atoms with van der Waals surface area (Å²) in [5.41, 5.74) is 3.66. The summed E-state index contributed by atoms with van der Waals surface area (Å²) in [6.45, 7) is 8.73. The van der Waals surface area contributed by atoms with Crippen LogP contribution in [0.3, 0.4) is 0 Å². The number of benzene rings is 2. The lowest BCUT2D eigenvalue weighted by Crippen LogP contribution is -2.52. The number of likely N-dealkylation sites (N-methyl/N-ethyl adjacent to an activating group) is 1. The van der Waals surface area contributed by atoms with Gasteiger partial charge in [0.25, 0.3) is 5.91 Å². The largest absolute Gasteiger partial charge is 0.494 e. The number of anilines is 5. The first-order valence-corrected chi connectivity index (χ1v) is 15.4. The number of methoxy groups -OCH3 is 1. The van der Waals surface area contributed by atoms with Crippen LogP contribution in [0.15, 0.2) is 41.0 Å². The zero-order valence-electron chi connectivity index (χ0n) is 25.5. The highest BCUT2D eigenvalue weighted by molar-refractivity contribution is 9.10. The molecule has 10 nitrogen and oxygen atoms in total. The summed E-state index contributed by atoms with van der Waals surface area (Å²) in [6, 6.07) is 8.78. The summed E-state index contributed by atoms with van der Waals surface area (Å²) in [5.74, 6) is 0.666.